The van der Waals surface area contributed by atoms with Gasteiger partial charge in [0, 0.05) is 36.5 Å². The van der Waals surface area contributed by atoms with Gasteiger partial charge in [-0.25, -0.2) is 4.39 Å². The Morgan fingerprint density at radius 1 is 0.919 bits per heavy atom. The van der Waals surface area contributed by atoms with Crippen LogP contribution >= 0.6 is 11.3 Å². The summed E-state index contributed by atoms with van der Waals surface area (Å²) >= 11 is 1.74. The molecule has 37 heavy (non-hydrogen) atoms. The van der Waals surface area contributed by atoms with Gasteiger partial charge >= 0.3 is 0 Å². The topological polar surface area (TPSA) is 23.6 Å². The summed E-state index contributed by atoms with van der Waals surface area (Å²) < 4.78 is 13.4. The van der Waals surface area contributed by atoms with Crippen molar-refractivity contribution in [2.75, 3.05) is 26.2 Å². The number of likely N-dealkylation sites (tertiary alicyclic amines) is 2. The quantitative estimate of drug-likeness (QED) is 0.283. The van der Waals surface area contributed by atoms with Crippen molar-refractivity contribution in [3.63, 3.8) is 0 Å². The fourth-order valence-corrected chi connectivity index (χ4v) is 7.28. The zero-order valence-corrected chi connectivity index (χ0v) is 22.0. The van der Waals surface area contributed by atoms with Crippen molar-refractivity contribution < 1.29 is 9.18 Å². The maximum absolute atomic E-state index is 13.8. The van der Waals surface area contributed by atoms with Crippen molar-refractivity contribution in [1.82, 2.24) is 9.80 Å². The Balaban J connectivity index is 1.20. The molecule has 3 unspecified atom stereocenters. The molecule has 5 heteroatoms. The van der Waals surface area contributed by atoms with E-state index in [0.29, 0.717) is 23.8 Å². The zero-order valence-electron chi connectivity index (χ0n) is 21.2. The molecule has 190 valence electrons. The van der Waals surface area contributed by atoms with Gasteiger partial charge in [0.05, 0.1) is 0 Å². The molecule has 0 spiro atoms. The highest BCUT2D eigenvalue weighted by Crippen LogP contribution is 2.40. The van der Waals surface area contributed by atoms with Crippen LogP contribution in [0.3, 0.4) is 0 Å². The molecule has 2 aliphatic heterocycles. The van der Waals surface area contributed by atoms with E-state index >= 15 is 0 Å². The van der Waals surface area contributed by atoms with Crippen molar-refractivity contribution in [2.45, 2.75) is 37.6 Å². The predicted molar refractivity (Wildman–Crippen MR) is 150 cm³/mol. The van der Waals surface area contributed by atoms with Gasteiger partial charge < -0.3 is 9.80 Å². The summed E-state index contributed by atoms with van der Waals surface area (Å²) in [5, 5.41) is 6.55. The smallest absolute Gasteiger partial charge is 0.254 e. The molecule has 3 aromatic carbocycles. The number of halogens is 1. The molecule has 3 nitrogen and oxygen atoms in total. The molecule has 0 aliphatic carbocycles. The maximum Gasteiger partial charge on any atom is 0.254 e. The third-order valence-electron chi connectivity index (χ3n) is 8.71. The van der Waals surface area contributed by atoms with Crippen LogP contribution in [0.15, 0.2) is 83.6 Å². The minimum Gasteiger partial charge on any atom is -0.338 e. The molecule has 0 saturated carbocycles. The van der Waals surface area contributed by atoms with E-state index in [2.05, 4.69) is 51.7 Å². The lowest BCUT2D eigenvalue weighted by molar-refractivity contribution is 0.0767. The van der Waals surface area contributed by atoms with E-state index < -0.39 is 0 Å². The van der Waals surface area contributed by atoms with Crippen LogP contribution in [0.5, 0.6) is 0 Å². The molecule has 1 amide bonds. The normalized spacial score (nSPS) is 21.9. The minimum atomic E-state index is -0.168. The molecule has 2 fully saturated rings. The van der Waals surface area contributed by atoms with Gasteiger partial charge in [-0.05, 0) is 95.7 Å². The van der Waals surface area contributed by atoms with E-state index in [1.54, 1.807) is 23.5 Å². The van der Waals surface area contributed by atoms with Crippen LogP contribution in [0.25, 0.3) is 10.8 Å². The largest absolute Gasteiger partial charge is 0.338 e. The standard InChI is InChI=1S/C32H33FN2OS/c1-22(34-16-13-24(14-17-34)23-9-11-27(33)12-10-23)30-19-35(20-31(30)26-15-18-37-21-26)32(36)29-8-4-6-25-5-2-3-7-28(25)29/h2-12,15,18,21-22,24,30-31H,13-14,16-17,19-20H2,1H3. The number of piperidine rings is 1. The first kappa shape index (κ1) is 24.3. The van der Waals surface area contributed by atoms with Crippen molar-refractivity contribution >= 4 is 28.0 Å². The van der Waals surface area contributed by atoms with Crippen molar-refractivity contribution in [2.24, 2.45) is 5.92 Å². The molecule has 4 aromatic rings. The fourth-order valence-electron chi connectivity index (χ4n) is 6.55. The number of hydrogen-bond donors (Lipinski definition) is 0. The summed E-state index contributed by atoms with van der Waals surface area (Å²) in [7, 11) is 0. The molecule has 0 bridgehead atoms. The average molecular weight is 513 g/mol. The lowest BCUT2D eigenvalue weighted by Gasteiger charge is -2.40. The van der Waals surface area contributed by atoms with Crippen LogP contribution in [-0.2, 0) is 0 Å². The number of benzene rings is 3. The molecule has 0 N–H and O–H groups in total. The zero-order chi connectivity index (χ0) is 25.4. The third-order valence-corrected chi connectivity index (χ3v) is 9.41. The Kier molecular flexibility index (Phi) is 6.83. The van der Waals surface area contributed by atoms with Crippen LogP contribution in [-0.4, -0.2) is 47.9 Å². The first-order chi connectivity index (χ1) is 18.1. The number of nitrogens with zero attached hydrogens (tertiary/aromatic N) is 2. The summed E-state index contributed by atoms with van der Waals surface area (Å²) in [5.74, 6) is 1.19. The lowest BCUT2D eigenvalue weighted by Crippen LogP contribution is -2.45. The van der Waals surface area contributed by atoms with Gasteiger partial charge in [0.1, 0.15) is 5.82 Å². The highest BCUT2D eigenvalue weighted by molar-refractivity contribution is 7.08. The van der Waals surface area contributed by atoms with E-state index in [1.807, 2.05) is 36.4 Å². The summed E-state index contributed by atoms with van der Waals surface area (Å²) in [6, 6.07) is 23.9. The predicted octanol–water partition coefficient (Wildman–Crippen LogP) is 7.16. The van der Waals surface area contributed by atoms with E-state index in [-0.39, 0.29) is 11.7 Å². The average Bonchev–Trinajstić information content (AvgIpc) is 3.63. The Hall–Kier alpha value is -3.02. The molecular formula is C32H33FN2OS. The molecule has 1 aromatic heterocycles. The number of amides is 1. The van der Waals surface area contributed by atoms with Gasteiger partial charge in [0.15, 0.2) is 0 Å². The van der Waals surface area contributed by atoms with Gasteiger partial charge in [0.25, 0.3) is 5.91 Å². The second-order valence-electron chi connectivity index (χ2n) is 10.7. The molecule has 3 atom stereocenters. The Morgan fingerprint density at radius 2 is 1.68 bits per heavy atom. The monoisotopic (exact) mass is 512 g/mol. The van der Waals surface area contributed by atoms with Crippen LogP contribution in [0.1, 0.15) is 53.1 Å². The molecule has 2 saturated heterocycles. The van der Waals surface area contributed by atoms with Crippen LogP contribution in [0.4, 0.5) is 4.39 Å². The molecular weight excluding hydrogens is 479 g/mol. The van der Waals surface area contributed by atoms with Crippen molar-refractivity contribution in [3.05, 3.63) is 106 Å². The summed E-state index contributed by atoms with van der Waals surface area (Å²) in [4.78, 5) is 18.5. The van der Waals surface area contributed by atoms with E-state index in [4.69, 9.17) is 0 Å². The van der Waals surface area contributed by atoms with E-state index in [1.165, 1.54) is 11.1 Å². The Morgan fingerprint density at radius 3 is 2.43 bits per heavy atom. The van der Waals surface area contributed by atoms with Gasteiger partial charge in [-0.2, -0.15) is 11.3 Å². The first-order valence-electron chi connectivity index (χ1n) is 13.4. The molecule has 2 aliphatic rings. The molecule has 6 rings (SSSR count). The lowest BCUT2D eigenvalue weighted by atomic mass is 9.83. The highest BCUT2D eigenvalue weighted by atomic mass is 32.1. The maximum atomic E-state index is 13.8. The number of fused-ring (bicyclic) bond motifs is 1. The number of thiophene rings is 1. The number of carbonyl (C=O) groups excluding carboxylic acids is 1. The number of hydrogen-bond acceptors (Lipinski definition) is 3. The van der Waals surface area contributed by atoms with Gasteiger partial charge in [0.2, 0.25) is 0 Å². The Bertz CT molecular complexity index is 1360. The highest BCUT2D eigenvalue weighted by Gasteiger charge is 2.42. The summed E-state index contributed by atoms with van der Waals surface area (Å²) in [6.07, 6.45) is 2.18. The van der Waals surface area contributed by atoms with Crippen LogP contribution in [0.2, 0.25) is 0 Å². The summed E-state index contributed by atoms with van der Waals surface area (Å²) in [6.45, 7) is 5.97. The van der Waals surface area contributed by atoms with Crippen LogP contribution < -0.4 is 0 Å². The van der Waals surface area contributed by atoms with Crippen molar-refractivity contribution in [1.29, 1.82) is 0 Å². The number of rotatable bonds is 5. The molecule has 0 radical (unpaired) electrons. The second-order valence-corrected chi connectivity index (χ2v) is 11.4. The third kappa shape index (κ3) is 4.83. The summed E-state index contributed by atoms with van der Waals surface area (Å²) in [5.41, 5.74) is 3.41. The second kappa shape index (κ2) is 10.4. The van der Waals surface area contributed by atoms with E-state index in [0.717, 1.165) is 55.4 Å². The van der Waals surface area contributed by atoms with Gasteiger partial charge in [-0.3, -0.25) is 4.79 Å². The van der Waals surface area contributed by atoms with Crippen LogP contribution in [0, 0.1) is 11.7 Å². The van der Waals surface area contributed by atoms with E-state index in [9.17, 15) is 9.18 Å². The SMILES string of the molecule is CC(C1CN(C(=O)c2cccc3ccccc23)CC1c1ccsc1)N1CCC(c2ccc(F)cc2)CC1. The van der Waals surface area contributed by atoms with Gasteiger partial charge in [-0.1, -0.05) is 48.5 Å². The molecule has 3 heterocycles. The first-order valence-corrected chi connectivity index (χ1v) is 14.3. The minimum absolute atomic E-state index is 0.141. The van der Waals surface area contributed by atoms with Crippen molar-refractivity contribution in [3.8, 4) is 0 Å². The Labute approximate surface area is 222 Å². The number of carbonyl (C=O) groups is 1. The van der Waals surface area contributed by atoms with Gasteiger partial charge in [-0.15, -0.1) is 0 Å². The fraction of sp³-hybridized carbons (Fsp3) is 0.344.